The lowest BCUT2D eigenvalue weighted by Crippen LogP contribution is -2.40. The lowest BCUT2D eigenvalue weighted by molar-refractivity contribution is -0.0529. The van der Waals surface area contributed by atoms with Gasteiger partial charge in [-0.1, -0.05) is 22.6 Å². The van der Waals surface area contributed by atoms with E-state index in [2.05, 4.69) is 10.1 Å². The van der Waals surface area contributed by atoms with Crippen molar-refractivity contribution in [2.24, 2.45) is 0 Å². The Hall–Kier alpha value is -1.07. The number of hydrogen-bond donors (Lipinski definition) is 2. The Bertz CT molecular complexity index is 697. The summed E-state index contributed by atoms with van der Waals surface area (Å²) in [7, 11) is 0. The number of alkyl halides is 2. The standard InChI is InChI=1S/C12H13F2IN4O2/c1-12(4-15)9(20)7(13)8(21-12)5-2-3-6-10(16)17-11(14)18-19(5)6/h2-3,7-9,20H,4H2,1H3,(H2,16,17,18)/t7-,8-,9-,12+/m0/s1. The van der Waals surface area contributed by atoms with Gasteiger partial charge in [-0.25, -0.2) is 8.91 Å². The number of aliphatic hydroxyl groups excluding tert-OH is 1. The van der Waals surface area contributed by atoms with E-state index >= 15 is 0 Å². The smallest absolute Gasteiger partial charge is 0.327 e. The fraction of sp³-hybridized carbons (Fsp3) is 0.500. The van der Waals surface area contributed by atoms with E-state index in [0.717, 1.165) is 0 Å². The van der Waals surface area contributed by atoms with Gasteiger partial charge in [-0.05, 0) is 19.1 Å². The van der Waals surface area contributed by atoms with Gasteiger partial charge in [0.1, 0.15) is 23.3 Å². The van der Waals surface area contributed by atoms with E-state index in [1.165, 1.54) is 4.52 Å². The molecule has 0 radical (unpaired) electrons. The molecular formula is C12H13F2IN4O2. The first kappa shape index (κ1) is 14.9. The molecule has 0 bridgehead atoms. The van der Waals surface area contributed by atoms with Crippen LogP contribution >= 0.6 is 22.6 Å². The molecule has 0 amide bonds. The van der Waals surface area contributed by atoms with Gasteiger partial charge >= 0.3 is 6.08 Å². The van der Waals surface area contributed by atoms with Crippen molar-refractivity contribution in [3.63, 3.8) is 0 Å². The number of nitrogen functional groups attached to an aromatic ring is 1. The van der Waals surface area contributed by atoms with Crippen LogP contribution in [0.3, 0.4) is 0 Å². The van der Waals surface area contributed by atoms with Gasteiger partial charge in [0, 0.05) is 4.43 Å². The third kappa shape index (κ3) is 2.18. The van der Waals surface area contributed by atoms with Crippen LogP contribution < -0.4 is 5.73 Å². The zero-order chi connectivity index (χ0) is 15.4. The lowest BCUT2D eigenvalue weighted by Gasteiger charge is -2.24. The minimum atomic E-state index is -1.64. The second-order valence-electron chi connectivity index (χ2n) is 5.20. The molecule has 4 atom stereocenters. The molecule has 2 aromatic heterocycles. The van der Waals surface area contributed by atoms with E-state index in [0.29, 0.717) is 9.94 Å². The zero-order valence-corrected chi connectivity index (χ0v) is 13.2. The topological polar surface area (TPSA) is 85.7 Å². The highest BCUT2D eigenvalue weighted by Crippen LogP contribution is 2.43. The van der Waals surface area contributed by atoms with Crippen LogP contribution in [-0.2, 0) is 4.74 Å². The Morgan fingerprint density at radius 2 is 2.29 bits per heavy atom. The molecule has 114 valence electrons. The Balaban J connectivity index is 2.10. The molecule has 3 N–H and O–H groups in total. The second kappa shape index (κ2) is 4.99. The molecule has 1 aliphatic heterocycles. The molecule has 2 aromatic rings. The van der Waals surface area contributed by atoms with Crippen LogP contribution in [0.25, 0.3) is 5.52 Å². The maximum absolute atomic E-state index is 14.4. The molecular weight excluding hydrogens is 397 g/mol. The monoisotopic (exact) mass is 410 g/mol. The van der Waals surface area contributed by atoms with Gasteiger partial charge in [0.25, 0.3) is 0 Å². The van der Waals surface area contributed by atoms with Crippen molar-refractivity contribution >= 4 is 33.9 Å². The maximum Gasteiger partial charge on any atom is 0.327 e. The van der Waals surface area contributed by atoms with Gasteiger partial charge in [-0.2, -0.15) is 9.37 Å². The van der Waals surface area contributed by atoms with Crippen molar-refractivity contribution in [3.05, 3.63) is 23.9 Å². The van der Waals surface area contributed by atoms with Crippen LogP contribution in [0.1, 0.15) is 18.7 Å². The third-order valence-electron chi connectivity index (χ3n) is 3.71. The zero-order valence-electron chi connectivity index (χ0n) is 11.0. The molecule has 6 nitrogen and oxygen atoms in total. The summed E-state index contributed by atoms with van der Waals surface area (Å²) in [5.74, 6) is -0.0423. The van der Waals surface area contributed by atoms with Crippen molar-refractivity contribution in [3.8, 4) is 0 Å². The van der Waals surface area contributed by atoms with E-state index in [-0.39, 0.29) is 11.5 Å². The number of aromatic nitrogens is 3. The fourth-order valence-electron chi connectivity index (χ4n) is 2.49. The number of nitrogens with two attached hydrogens (primary N) is 1. The van der Waals surface area contributed by atoms with Crippen LogP contribution in [0.4, 0.5) is 14.6 Å². The SMILES string of the molecule is C[C@]1(CI)O[C@@H](c2ccc3c(N)nc(F)nn23)[C@H](F)[C@@H]1O. The predicted octanol–water partition coefficient (Wildman–Crippen LogP) is 1.41. The molecule has 21 heavy (non-hydrogen) atoms. The summed E-state index contributed by atoms with van der Waals surface area (Å²) in [6.07, 6.45) is -4.96. The molecule has 0 unspecified atom stereocenters. The molecule has 0 aliphatic carbocycles. The molecule has 0 aromatic carbocycles. The van der Waals surface area contributed by atoms with Crippen molar-refractivity contribution < 1.29 is 18.6 Å². The lowest BCUT2D eigenvalue weighted by atomic mass is 9.99. The average molecular weight is 410 g/mol. The van der Waals surface area contributed by atoms with Crippen molar-refractivity contribution in [2.45, 2.75) is 30.9 Å². The van der Waals surface area contributed by atoms with E-state index in [9.17, 15) is 13.9 Å². The Morgan fingerprint density at radius 1 is 1.57 bits per heavy atom. The highest BCUT2D eigenvalue weighted by Gasteiger charge is 2.53. The van der Waals surface area contributed by atoms with Gasteiger partial charge in [-0.3, -0.25) is 0 Å². The molecule has 0 spiro atoms. The highest BCUT2D eigenvalue weighted by molar-refractivity contribution is 14.1. The largest absolute Gasteiger partial charge is 0.387 e. The average Bonchev–Trinajstić information content (AvgIpc) is 2.95. The van der Waals surface area contributed by atoms with Crippen molar-refractivity contribution in [1.82, 2.24) is 14.6 Å². The van der Waals surface area contributed by atoms with Crippen LogP contribution in [0.15, 0.2) is 12.1 Å². The first-order valence-corrected chi connectivity index (χ1v) is 7.76. The number of ether oxygens (including phenoxy) is 1. The minimum Gasteiger partial charge on any atom is -0.387 e. The van der Waals surface area contributed by atoms with Crippen LogP contribution in [0, 0.1) is 6.08 Å². The Morgan fingerprint density at radius 3 is 2.90 bits per heavy atom. The van der Waals surface area contributed by atoms with E-state index < -0.39 is 30.1 Å². The molecule has 3 rings (SSSR count). The van der Waals surface area contributed by atoms with Gasteiger partial charge in [0.2, 0.25) is 0 Å². The molecule has 1 saturated heterocycles. The summed E-state index contributed by atoms with van der Waals surface area (Å²) in [5.41, 5.74) is 5.26. The number of halogens is 3. The quantitative estimate of drug-likeness (QED) is 0.578. The first-order valence-electron chi connectivity index (χ1n) is 6.24. The predicted molar refractivity (Wildman–Crippen MR) is 79.4 cm³/mol. The van der Waals surface area contributed by atoms with Crippen LogP contribution in [-0.4, -0.2) is 42.0 Å². The van der Waals surface area contributed by atoms with Crippen LogP contribution in [0.2, 0.25) is 0 Å². The second-order valence-corrected chi connectivity index (χ2v) is 5.96. The number of anilines is 1. The molecule has 1 fully saturated rings. The summed E-state index contributed by atoms with van der Waals surface area (Å²) in [4.78, 5) is 3.41. The fourth-order valence-corrected chi connectivity index (χ4v) is 3.12. The Labute approximate surface area is 132 Å². The Kier molecular flexibility index (Phi) is 3.53. The summed E-state index contributed by atoms with van der Waals surface area (Å²) < 4.78 is 35.0. The summed E-state index contributed by atoms with van der Waals surface area (Å²) in [5, 5.41) is 13.6. The molecule has 0 saturated carbocycles. The number of nitrogens with zero attached hydrogens (tertiary/aromatic N) is 3. The minimum absolute atomic E-state index is 0.0423. The van der Waals surface area contributed by atoms with Gasteiger partial charge in [-0.15, -0.1) is 5.10 Å². The number of fused-ring (bicyclic) bond motifs is 1. The highest BCUT2D eigenvalue weighted by atomic mass is 127. The number of aliphatic hydroxyl groups is 1. The molecule has 9 heteroatoms. The third-order valence-corrected chi connectivity index (χ3v) is 5.23. The summed E-state index contributed by atoms with van der Waals surface area (Å²) in [6.45, 7) is 1.64. The van der Waals surface area contributed by atoms with Gasteiger partial charge < -0.3 is 15.6 Å². The maximum atomic E-state index is 14.4. The summed E-state index contributed by atoms with van der Waals surface area (Å²) >= 11 is 2.02. The van der Waals surface area contributed by atoms with Gasteiger partial charge in [0.05, 0.1) is 5.69 Å². The summed E-state index contributed by atoms with van der Waals surface area (Å²) in [6, 6.07) is 3.11. The number of rotatable bonds is 2. The first-order chi connectivity index (χ1) is 9.87. The van der Waals surface area contributed by atoms with E-state index in [4.69, 9.17) is 10.5 Å². The van der Waals surface area contributed by atoms with Gasteiger partial charge in [0.15, 0.2) is 12.0 Å². The van der Waals surface area contributed by atoms with Crippen molar-refractivity contribution in [2.75, 3.05) is 10.2 Å². The molecule has 1 aliphatic rings. The van der Waals surface area contributed by atoms with E-state index in [1.54, 1.807) is 19.1 Å². The normalized spacial score (nSPS) is 32.9. The molecule has 3 heterocycles. The van der Waals surface area contributed by atoms with Crippen molar-refractivity contribution in [1.29, 1.82) is 0 Å². The number of hydrogen-bond acceptors (Lipinski definition) is 5. The van der Waals surface area contributed by atoms with Crippen LogP contribution in [0.5, 0.6) is 0 Å². The van der Waals surface area contributed by atoms with E-state index in [1.807, 2.05) is 22.6 Å².